The summed E-state index contributed by atoms with van der Waals surface area (Å²) in [6.45, 7) is 7.57. The number of likely N-dealkylation sites (N-methyl/N-ethyl adjacent to an activating group) is 1. The van der Waals surface area contributed by atoms with Crippen LogP contribution in [-0.4, -0.2) is 48.1 Å². The van der Waals surface area contributed by atoms with E-state index in [1.807, 2.05) is 25.3 Å². The largest absolute Gasteiger partial charge is 0.347 e. The Morgan fingerprint density at radius 1 is 1.21 bits per heavy atom. The summed E-state index contributed by atoms with van der Waals surface area (Å²) >= 11 is 0. The van der Waals surface area contributed by atoms with Gasteiger partial charge in [-0.3, -0.25) is 14.5 Å². The van der Waals surface area contributed by atoms with E-state index in [0.29, 0.717) is 0 Å². The minimum absolute atomic E-state index is 0.0139. The van der Waals surface area contributed by atoms with Crippen molar-refractivity contribution in [3.63, 3.8) is 0 Å². The fourth-order valence-electron chi connectivity index (χ4n) is 3.81. The van der Waals surface area contributed by atoms with E-state index in [2.05, 4.69) is 46.7 Å². The summed E-state index contributed by atoms with van der Waals surface area (Å²) in [5, 5.41) is 6.56. The number of carbonyl (C=O) groups is 3. The van der Waals surface area contributed by atoms with Gasteiger partial charge in [-0.1, -0.05) is 32.0 Å². The van der Waals surface area contributed by atoms with Crippen LogP contribution in [0, 0.1) is 0 Å². The molecule has 2 aliphatic rings. The van der Waals surface area contributed by atoms with E-state index < -0.39 is 11.6 Å². The van der Waals surface area contributed by atoms with Crippen LogP contribution >= 0.6 is 0 Å². The summed E-state index contributed by atoms with van der Waals surface area (Å²) in [4.78, 5) is 39.1. The van der Waals surface area contributed by atoms with Crippen molar-refractivity contribution in [3.05, 3.63) is 41.6 Å². The average Bonchev–Trinajstić information content (AvgIpc) is 2.97. The number of fused-ring (bicyclic) bond motifs is 1. The molecule has 3 rings (SSSR count). The number of imide groups is 1. The highest BCUT2D eigenvalue weighted by atomic mass is 16.2. The van der Waals surface area contributed by atoms with E-state index >= 15 is 0 Å². The second-order valence-corrected chi connectivity index (χ2v) is 8.33. The highest BCUT2D eigenvalue weighted by molar-refractivity contribution is 6.06. The first-order chi connectivity index (χ1) is 13.6. The Morgan fingerprint density at radius 2 is 1.90 bits per heavy atom. The molecule has 0 aromatic heterocycles. The van der Waals surface area contributed by atoms with Gasteiger partial charge in [0.1, 0.15) is 5.54 Å². The molecule has 0 bridgehead atoms. The Hall–Kier alpha value is -3.16. The van der Waals surface area contributed by atoms with Gasteiger partial charge in [0.05, 0.1) is 0 Å². The number of hydrogen-bond acceptors (Lipinski definition) is 5. The Kier molecular flexibility index (Phi) is 5.21. The van der Waals surface area contributed by atoms with E-state index in [9.17, 15) is 14.4 Å². The maximum atomic E-state index is 12.1. The van der Waals surface area contributed by atoms with Gasteiger partial charge in [-0.25, -0.2) is 10.2 Å². The second kappa shape index (κ2) is 7.35. The molecule has 8 nitrogen and oxygen atoms in total. The van der Waals surface area contributed by atoms with Gasteiger partial charge in [0.2, 0.25) is 5.91 Å². The molecule has 8 heteroatoms. The fraction of sp³-hybridized carbons (Fsp3) is 0.429. The number of rotatable bonds is 5. The number of nitrogens with one attached hydrogen (secondary N) is 2. The van der Waals surface area contributed by atoms with Crippen LogP contribution in [0.1, 0.15) is 39.7 Å². The molecule has 1 fully saturated rings. The highest BCUT2D eigenvalue weighted by Gasteiger charge is 2.44. The number of urea groups is 1. The van der Waals surface area contributed by atoms with Crippen molar-refractivity contribution < 1.29 is 14.4 Å². The number of amides is 4. The number of hydrogen-bond donors (Lipinski definition) is 2. The van der Waals surface area contributed by atoms with Gasteiger partial charge in [0.15, 0.2) is 0 Å². The number of carbonyl (C=O) groups excluding carboxylic acids is 3. The SMILES string of the molecule is CN1/C(=C\C=N/NC(=O)CCN2C(=O)NC(C)(C)C2=O)C(C)(C)c2ccccc21. The standard InChI is InChI=1S/C21H27N5O3/c1-20(2)14-8-6-7-9-15(14)25(5)16(20)10-12-22-24-17(27)11-13-26-18(28)21(3,4)23-19(26)29/h6-10,12H,11,13H2,1-5H3,(H,23,29)(H,24,27)/b16-10-,22-12-. The van der Waals surface area contributed by atoms with Crippen LogP contribution in [0.2, 0.25) is 0 Å². The van der Waals surface area contributed by atoms with Crippen LogP contribution in [0.4, 0.5) is 10.5 Å². The van der Waals surface area contributed by atoms with Crippen LogP contribution in [0.15, 0.2) is 41.1 Å². The molecule has 29 heavy (non-hydrogen) atoms. The van der Waals surface area contributed by atoms with Gasteiger partial charge in [-0.15, -0.1) is 0 Å². The molecule has 1 saturated heterocycles. The smallest absolute Gasteiger partial charge is 0.325 e. The number of nitrogens with zero attached hydrogens (tertiary/aromatic N) is 3. The molecule has 2 heterocycles. The monoisotopic (exact) mass is 397 g/mol. The minimum atomic E-state index is -0.935. The molecule has 0 atom stereocenters. The molecule has 0 aliphatic carbocycles. The Labute approximate surface area is 170 Å². The molecular formula is C21H27N5O3. The van der Waals surface area contributed by atoms with E-state index in [4.69, 9.17) is 0 Å². The fourth-order valence-corrected chi connectivity index (χ4v) is 3.81. The van der Waals surface area contributed by atoms with Crippen molar-refractivity contribution in [1.29, 1.82) is 0 Å². The average molecular weight is 397 g/mol. The van der Waals surface area contributed by atoms with E-state index in [0.717, 1.165) is 16.3 Å². The lowest BCUT2D eigenvalue weighted by atomic mass is 9.84. The number of allylic oxidation sites excluding steroid dienone is 2. The van der Waals surface area contributed by atoms with Crippen molar-refractivity contribution in [3.8, 4) is 0 Å². The van der Waals surface area contributed by atoms with Crippen LogP contribution in [0.5, 0.6) is 0 Å². The summed E-state index contributed by atoms with van der Waals surface area (Å²) in [6.07, 6.45) is 3.41. The highest BCUT2D eigenvalue weighted by Crippen LogP contribution is 2.46. The molecule has 0 spiro atoms. The number of benzene rings is 1. The lowest BCUT2D eigenvalue weighted by molar-refractivity contribution is -0.130. The maximum absolute atomic E-state index is 12.1. The maximum Gasteiger partial charge on any atom is 0.325 e. The van der Waals surface area contributed by atoms with Gasteiger partial charge >= 0.3 is 6.03 Å². The zero-order chi connectivity index (χ0) is 21.4. The summed E-state index contributed by atoms with van der Waals surface area (Å²) in [5.74, 6) is -0.707. The third kappa shape index (κ3) is 3.74. The molecule has 0 radical (unpaired) electrons. The lowest BCUT2D eigenvalue weighted by Crippen LogP contribution is -2.40. The molecule has 1 aromatic rings. The Morgan fingerprint density at radius 3 is 2.52 bits per heavy atom. The number of hydrazone groups is 1. The summed E-state index contributed by atoms with van der Waals surface area (Å²) in [6, 6.07) is 7.75. The topological polar surface area (TPSA) is 94.1 Å². The van der Waals surface area contributed by atoms with E-state index in [-0.39, 0.29) is 30.2 Å². The van der Waals surface area contributed by atoms with Gasteiger partial charge in [0.25, 0.3) is 5.91 Å². The third-order valence-electron chi connectivity index (χ3n) is 5.44. The van der Waals surface area contributed by atoms with E-state index in [1.54, 1.807) is 20.1 Å². The van der Waals surface area contributed by atoms with Gasteiger partial charge in [-0.2, -0.15) is 5.10 Å². The zero-order valence-electron chi connectivity index (χ0n) is 17.4. The minimum Gasteiger partial charge on any atom is -0.347 e. The molecule has 1 aromatic carbocycles. The van der Waals surface area contributed by atoms with Crippen LogP contribution in [0.25, 0.3) is 0 Å². The number of para-hydroxylation sites is 1. The van der Waals surface area contributed by atoms with Crippen LogP contribution in [-0.2, 0) is 15.0 Å². The van der Waals surface area contributed by atoms with Crippen molar-refractivity contribution >= 4 is 29.7 Å². The summed E-state index contributed by atoms with van der Waals surface area (Å²) < 4.78 is 0. The Bertz CT molecular complexity index is 917. The normalized spacial score (nSPS) is 21.1. The van der Waals surface area contributed by atoms with Crippen molar-refractivity contribution in [2.45, 2.75) is 45.1 Å². The first-order valence-corrected chi connectivity index (χ1v) is 9.55. The molecule has 2 N–H and O–H groups in total. The molecule has 4 amide bonds. The molecule has 2 aliphatic heterocycles. The third-order valence-corrected chi connectivity index (χ3v) is 5.44. The van der Waals surface area contributed by atoms with Crippen molar-refractivity contribution in [2.24, 2.45) is 5.10 Å². The first-order valence-electron chi connectivity index (χ1n) is 9.55. The molecule has 154 valence electrons. The molecular weight excluding hydrogens is 370 g/mol. The summed E-state index contributed by atoms with van der Waals surface area (Å²) in [7, 11) is 2.01. The molecule has 0 unspecified atom stereocenters. The predicted molar refractivity (Wildman–Crippen MR) is 112 cm³/mol. The number of anilines is 1. The van der Waals surface area contributed by atoms with Crippen molar-refractivity contribution in [2.75, 3.05) is 18.5 Å². The quantitative estimate of drug-likeness (QED) is 0.452. The van der Waals surface area contributed by atoms with Gasteiger partial charge in [-0.05, 0) is 31.6 Å². The lowest BCUT2D eigenvalue weighted by Gasteiger charge is -2.23. The Balaban J connectivity index is 1.56. The summed E-state index contributed by atoms with van der Waals surface area (Å²) in [5.41, 5.74) is 4.80. The second-order valence-electron chi connectivity index (χ2n) is 8.33. The zero-order valence-corrected chi connectivity index (χ0v) is 17.4. The van der Waals surface area contributed by atoms with Crippen LogP contribution in [0.3, 0.4) is 0 Å². The first kappa shape index (κ1) is 20.6. The van der Waals surface area contributed by atoms with E-state index in [1.165, 1.54) is 5.56 Å². The van der Waals surface area contributed by atoms with Crippen molar-refractivity contribution in [1.82, 2.24) is 15.6 Å². The van der Waals surface area contributed by atoms with Gasteiger partial charge < -0.3 is 10.2 Å². The predicted octanol–water partition coefficient (Wildman–Crippen LogP) is 2.12. The van der Waals surface area contributed by atoms with Crippen LogP contribution < -0.4 is 15.6 Å². The molecule has 0 saturated carbocycles. The van der Waals surface area contributed by atoms with Gasteiger partial charge in [0, 0.05) is 43.0 Å².